The van der Waals surface area contributed by atoms with Crippen LogP contribution < -0.4 is 20.3 Å². The summed E-state index contributed by atoms with van der Waals surface area (Å²) in [4.78, 5) is 20.4. The van der Waals surface area contributed by atoms with Crippen LogP contribution in [0.4, 0.5) is 23.1 Å². The van der Waals surface area contributed by atoms with Gasteiger partial charge in [-0.2, -0.15) is 21.6 Å². The molecule has 0 saturated carbocycles. The first-order valence-corrected chi connectivity index (χ1v) is 9.69. The number of carbonyl (C=O) groups is 1. The molecule has 14 heteroatoms. The summed E-state index contributed by atoms with van der Waals surface area (Å²) in [6, 6.07) is 1.50. The Kier molecular flexibility index (Phi) is 6.36. The van der Waals surface area contributed by atoms with E-state index in [0.29, 0.717) is 11.2 Å². The van der Waals surface area contributed by atoms with Gasteiger partial charge in [0.25, 0.3) is 0 Å². The minimum absolute atomic E-state index is 0.0840. The van der Waals surface area contributed by atoms with Crippen molar-refractivity contribution in [1.82, 2.24) is 15.8 Å². The van der Waals surface area contributed by atoms with Crippen molar-refractivity contribution < 1.29 is 35.4 Å². The summed E-state index contributed by atoms with van der Waals surface area (Å²) in [7, 11) is -4.60. The number of anilines is 1. The Morgan fingerprint density at radius 2 is 2.04 bits per heavy atom. The number of alkyl halides is 3. The van der Waals surface area contributed by atoms with Gasteiger partial charge in [-0.05, 0) is 13.0 Å². The molecule has 0 spiro atoms. The van der Waals surface area contributed by atoms with Crippen molar-refractivity contribution in [3.05, 3.63) is 24.3 Å². The zero-order valence-corrected chi connectivity index (χ0v) is 16.1. The van der Waals surface area contributed by atoms with Crippen LogP contribution in [0.15, 0.2) is 18.7 Å². The zero-order chi connectivity index (χ0) is 21.1. The molecule has 0 aliphatic carbocycles. The number of benzene rings is 1. The van der Waals surface area contributed by atoms with Crippen LogP contribution in [-0.2, 0) is 15.0 Å². The Hall–Kier alpha value is -2.58. The molecule has 0 unspecified atom stereocenters. The fourth-order valence-corrected chi connectivity index (χ4v) is 3.41. The second-order valence-electron chi connectivity index (χ2n) is 5.09. The van der Waals surface area contributed by atoms with E-state index in [9.17, 15) is 26.4 Å². The van der Waals surface area contributed by atoms with Crippen LogP contribution >= 0.6 is 11.3 Å². The second kappa shape index (κ2) is 8.20. The molecule has 0 aliphatic rings. The average molecular weight is 440 g/mol. The first-order valence-electron chi connectivity index (χ1n) is 7.47. The number of fused-ring (bicyclic) bond motifs is 1. The maximum Gasteiger partial charge on any atom is 0.534 e. The fourth-order valence-electron chi connectivity index (χ4n) is 1.99. The van der Waals surface area contributed by atoms with E-state index in [4.69, 9.17) is 4.84 Å². The summed E-state index contributed by atoms with van der Waals surface area (Å²) < 4.78 is 65.0. The summed E-state index contributed by atoms with van der Waals surface area (Å²) >= 11 is 0.998. The first-order chi connectivity index (χ1) is 13.0. The third kappa shape index (κ3) is 4.82. The predicted octanol–water partition coefficient (Wildman–Crippen LogP) is 2.79. The summed E-state index contributed by atoms with van der Waals surface area (Å²) in [6.45, 7) is 5.74. The number of thiazole rings is 1. The van der Waals surface area contributed by atoms with Crippen molar-refractivity contribution in [2.75, 3.05) is 19.0 Å². The lowest BCUT2D eigenvalue weighted by Crippen LogP contribution is -2.28. The summed E-state index contributed by atoms with van der Waals surface area (Å²) in [6.07, 6.45) is 0. The number of carbonyl (C=O) groups excluding carboxylic acids is 1. The van der Waals surface area contributed by atoms with Crippen LogP contribution in [0.25, 0.3) is 15.9 Å². The lowest BCUT2D eigenvalue weighted by atomic mass is 10.1. The molecule has 2 rings (SSSR count). The Labute approximate surface area is 161 Å². The zero-order valence-electron chi connectivity index (χ0n) is 14.5. The predicted molar refractivity (Wildman–Crippen MR) is 97.1 cm³/mol. The Morgan fingerprint density at radius 1 is 1.36 bits per heavy atom. The van der Waals surface area contributed by atoms with Gasteiger partial charge in [-0.25, -0.2) is 9.78 Å². The monoisotopic (exact) mass is 440 g/mol. The van der Waals surface area contributed by atoms with Gasteiger partial charge in [0.2, 0.25) is 0 Å². The summed E-state index contributed by atoms with van der Waals surface area (Å²) in [5.41, 5.74) is -2.83. The van der Waals surface area contributed by atoms with E-state index < -0.39 is 27.4 Å². The standard InChI is InChI=1S/C14H15F3N4O5S2/c1-4-18-12(22)20-13-19-10-6-8(26-28(23,24)14(15,16)17)5-9(11(10)27-13)7(2)21-25-3/h5-6,21H,2,4H2,1,3H3,(H2,18,19,20,22). The molecule has 154 valence electrons. The van der Waals surface area contributed by atoms with Crippen LogP contribution in [0.1, 0.15) is 12.5 Å². The topological polar surface area (TPSA) is 119 Å². The van der Waals surface area contributed by atoms with E-state index in [-0.39, 0.29) is 21.9 Å². The van der Waals surface area contributed by atoms with Gasteiger partial charge in [0.1, 0.15) is 5.75 Å². The van der Waals surface area contributed by atoms with E-state index in [1.54, 1.807) is 6.92 Å². The van der Waals surface area contributed by atoms with Crippen LogP contribution in [0.2, 0.25) is 0 Å². The van der Waals surface area contributed by atoms with Crippen LogP contribution in [0, 0.1) is 0 Å². The molecule has 0 fully saturated rings. The Bertz CT molecular complexity index is 1000. The third-order valence-corrected chi connectivity index (χ3v) is 5.06. The number of nitrogens with zero attached hydrogens (tertiary/aromatic N) is 1. The number of hydrogen-bond donors (Lipinski definition) is 3. The van der Waals surface area contributed by atoms with Gasteiger partial charge in [0.05, 0.1) is 23.0 Å². The quantitative estimate of drug-likeness (QED) is 0.344. The van der Waals surface area contributed by atoms with Gasteiger partial charge in [-0.15, -0.1) is 0 Å². The van der Waals surface area contributed by atoms with E-state index >= 15 is 0 Å². The largest absolute Gasteiger partial charge is 0.534 e. The molecule has 0 atom stereocenters. The molecular formula is C14H15F3N4O5S2. The number of aromatic nitrogens is 1. The summed E-state index contributed by atoms with van der Waals surface area (Å²) in [5.74, 6) is -0.631. The highest BCUT2D eigenvalue weighted by atomic mass is 32.2. The van der Waals surface area contributed by atoms with Gasteiger partial charge in [0.15, 0.2) is 5.13 Å². The van der Waals surface area contributed by atoms with Crippen LogP contribution in [-0.4, -0.2) is 38.6 Å². The highest BCUT2D eigenvalue weighted by Crippen LogP contribution is 2.36. The number of urea groups is 1. The third-order valence-electron chi connectivity index (χ3n) is 3.06. The van der Waals surface area contributed by atoms with Gasteiger partial charge >= 0.3 is 21.7 Å². The highest BCUT2D eigenvalue weighted by Gasteiger charge is 2.48. The minimum atomic E-state index is -5.88. The molecular weight excluding hydrogens is 425 g/mol. The summed E-state index contributed by atoms with van der Waals surface area (Å²) in [5, 5.41) is 5.08. The fraction of sp³-hybridized carbons (Fsp3) is 0.286. The molecule has 2 amide bonds. The number of rotatable bonds is 7. The van der Waals surface area contributed by atoms with E-state index in [2.05, 4.69) is 31.9 Å². The molecule has 0 radical (unpaired) electrons. The van der Waals surface area contributed by atoms with Crippen molar-refractivity contribution in [2.45, 2.75) is 12.4 Å². The Morgan fingerprint density at radius 3 is 2.61 bits per heavy atom. The number of nitrogens with one attached hydrogen (secondary N) is 3. The van der Waals surface area contributed by atoms with E-state index in [0.717, 1.165) is 23.5 Å². The van der Waals surface area contributed by atoms with Gasteiger partial charge in [-0.3, -0.25) is 15.6 Å². The molecule has 1 heterocycles. The van der Waals surface area contributed by atoms with Crippen LogP contribution in [0.5, 0.6) is 5.75 Å². The molecule has 28 heavy (non-hydrogen) atoms. The van der Waals surface area contributed by atoms with Crippen LogP contribution in [0.3, 0.4) is 0 Å². The number of hydroxylamine groups is 1. The smallest absolute Gasteiger partial charge is 0.376 e. The SMILES string of the molecule is C=C(NOC)c1cc(OS(=O)(=O)C(F)(F)F)cc2nc(NC(=O)NCC)sc12. The van der Waals surface area contributed by atoms with Crippen molar-refractivity contribution in [2.24, 2.45) is 0 Å². The molecule has 0 saturated heterocycles. The van der Waals surface area contributed by atoms with Gasteiger partial charge in [-0.1, -0.05) is 17.9 Å². The molecule has 3 N–H and O–H groups in total. The van der Waals surface area contributed by atoms with Crippen molar-refractivity contribution >= 4 is 48.5 Å². The molecule has 1 aromatic heterocycles. The normalized spacial score (nSPS) is 11.9. The number of hydrogen-bond acceptors (Lipinski definition) is 8. The van der Waals surface area contributed by atoms with E-state index in [1.807, 2.05) is 0 Å². The van der Waals surface area contributed by atoms with E-state index in [1.165, 1.54) is 7.11 Å². The number of halogens is 3. The molecule has 9 nitrogen and oxygen atoms in total. The molecule has 1 aromatic carbocycles. The van der Waals surface area contributed by atoms with Crippen molar-refractivity contribution in [1.29, 1.82) is 0 Å². The minimum Gasteiger partial charge on any atom is -0.376 e. The average Bonchev–Trinajstić information content (AvgIpc) is 2.95. The van der Waals surface area contributed by atoms with Gasteiger partial charge in [0, 0.05) is 18.2 Å². The molecule has 0 aliphatic heterocycles. The van der Waals surface area contributed by atoms with Gasteiger partial charge < -0.3 is 9.50 Å². The lowest BCUT2D eigenvalue weighted by molar-refractivity contribution is -0.0500. The molecule has 2 aromatic rings. The maximum atomic E-state index is 12.6. The molecule has 0 bridgehead atoms. The van der Waals surface area contributed by atoms with Crippen molar-refractivity contribution in [3.8, 4) is 5.75 Å². The highest BCUT2D eigenvalue weighted by molar-refractivity contribution is 7.88. The second-order valence-corrected chi connectivity index (χ2v) is 7.63. The van der Waals surface area contributed by atoms with Crippen molar-refractivity contribution in [3.63, 3.8) is 0 Å². The number of amides is 2. The first kappa shape index (κ1) is 21.7. The lowest BCUT2D eigenvalue weighted by Gasteiger charge is -2.12. The Balaban J connectivity index is 2.53. The maximum absolute atomic E-state index is 12.6.